The number of hydrogen-bond acceptors (Lipinski definition) is 8. The van der Waals surface area contributed by atoms with Crippen molar-refractivity contribution >= 4 is 18.1 Å². The van der Waals surface area contributed by atoms with Crippen molar-refractivity contribution in [3.8, 4) is 11.5 Å². The lowest BCUT2D eigenvalue weighted by atomic mass is 10.1. The Bertz CT molecular complexity index is 924. The number of aromatic nitrogens is 3. The van der Waals surface area contributed by atoms with E-state index in [2.05, 4.69) is 20.9 Å². The lowest BCUT2D eigenvalue weighted by molar-refractivity contribution is -0.157. The number of nitrogens with zero attached hydrogens (tertiary/aromatic N) is 3. The van der Waals surface area contributed by atoms with Crippen LogP contribution in [0.2, 0.25) is 0 Å². The Labute approximate surface area is 193 Å². The third-order valence-electron chi connectivity index (χ3n) is 4.05. The molecule has 0 aliphatic rings. The van der Waals surface area contributed by atoms with E-state index in [0.29, 0.717) is 37.3 Å². The Morgan fingerprint density at radius 3 is 2.39 bits per heavy atom. The molecule has 2 aromatic heterocycles. The fraction of sp³-hybridized carbons (Fsp3) is 0.591. The van der Waals surface area contributed by atoms with Crippen molar-refractivity contribution in [1.29, 1.82) is 0 Å². The molecule has 0 bridgehead atoms. The van der Waals surface area contributed by atoms with E-state index in [0.717, 1.165) is 4.68 Å². The van der Waals surface area contributed by atoms with E-state index in [1.165, 1.54) is 12.5 Å². The molecule has 33 heavy (non-hydrogen) atoms. The summed E-state index contributed by atoms with van der Waals surface area (Å²) in [6, 6.07) is 2.15. The number of carbonyl (C=O) groups is 3. The van der Waals surface area contributed by atoms with E-state index in [4.69, 9.17) is 13.9 Å². The van der Waals surface area contributed by atoms with Crippen LogP contribution in [0.3, 0.4) is 0 Å². The van der Waals surface area contributed by atoms with E-state index in [-0.39, 0.29) is 0 Å². The number of carbonyl (C=O) groups excluding carboxylic acids is 3. The Balaban J connectivity index is 1.82. The van der Waals surface area contributed by atoms with Crippen molar-refractivity contribution in [1.82, 2.24) is 25.6 Å². The van der Waals surface area contributed by atoms with Gasteiger partial charge in [0.2, 0.25) is 0 Å². The number of esters is 1. The van der Waals surface area contributed by atoms with E-state index >= 15 is 0 Å². The summed E-state index contributed by atoms with van der Waals surface area (Å²) < 4.78 is 17.0. The SMILES string of the molecule is CC(C)(C)OC(=O)N[C@@H](CCCCNC(=O)n1cc(-c2ccco2)nn1)C(=O)OC(C)(C)C. The molecule has 1 atom stereocenters. The van der Waals surface area contributed by atoms with E-state index in [9.17, 15) is 14.4 Å². The summed E-state index contributed by atoms with van der Waals surface area (Å²) in [5.74, 6) is -0.0230. The summed E-state index contributed by atoms with van der Waals surface area (Å²) in [6.45, 7) is 10.8. The maximum Gasteiger partial charge on any atom is 0.408 e. The molecule has 0 aromatic carbocycles. The average Bonchev–Trinajstić information content (AvgIpc) is 3.35. The highest BCUT2D eigenvalue weighted by atomic mass is 16.6. The second kappa shape index (κ2) is 11.0. The molecule has 0 spiro atoms. The zero-order valence-corrected chi connectivity index (χ0v) is 20.0. The Hall–Kier alpha value is -3.37. The van der Waals surface area contributed by atoms with Gasteiger partial charge in [-0.15, -0.1) is 5.10 Å². The van der Waals surface area contributed by atoms with Crippen molar-refractivity contribution in [3.05, 3.63) is 24.6 Å². The number of nitrogens with one attached hydrogen (secondary N) is 2. The fourth-order valence-corrected chi connectivity index (χ4v) is 2.72. The van der Waals surface area contributed by atoms with Gasteiger partial charge in [0.05, 0.1) is 12.5 Å². The molecule has 2 rings (SSSR count). The van der Waals surface area contributed by atoms with Gasteiger partial charge in [-0.2, -0.15) is 4.68 Å². The van der Waals surface area contributed by atoms with E-state index in [1.807, 2.05) is 0 Å². The third kappa shape index (κ3) is 9.34. The van der Waals surface area contributed by atoms with Gasteiger partial charge in [0.15, 0.2) is 5.76 Å². The van der Waals surface area contributed by atoms with Crippen molar-refractivity contribution in [2.24, 2.45) is 0 Å². The number of rotatable bonds is 8. The van der Waals surface area contributed by atoms with Crippen LogP contribution < -0.4 is 10.6 Å². The van der Waals surface area contributed by atoms with Crippen LogP contribution in [0.1, 0.15) is 60.8 Å². The molecule has 182 valence electrons. The monoisotopic (exact) mass is 463 g/mol. The fourth-order valence-electron chi connectivity index (χ4n) is 2.72. The highest BCUT2D eigenvalue weighted by Gasteiger charge is 2.28. The van der Waals surface area contributed by atoms with Crippen LogP contribution in [0.5, 0.6) is 0 Å². The van der Waals surface area contributed by atoms with Crippen LogP contribution in [0.15, 0.2) is 29.0 Å². The second-order valence-corrected chi connectivity index (χ2v) is 9.49. The molecule has 0 radical (unpaired) electrons. The minimum absolute atomic E-state index is 0.329. The lowest BCUT2D eigenvalue weighted by Crippen LogP contribution is -2.46. The van der Waals surface area contributed by atoms with Crippen LogP contribution in [-0.2, 0) is 14.3 Å². The molecule has 0 unspecified atom stereocenters. The van der Waals surface area contributed by atoms with E-state index < -0.39 is 35.3 Å². The number of furan rings is 1. The van der Waals surface area contributed by atoms with Crippen molar-refractivity contribution in [3.63, 3.8) is 0 Å². The molecule has 0 saturated carbocycles. The summed E-state index contributed by atoms with van der Waals surface area (Å²) in [5.41, 5.74) is -0.931. The number of alkyl carbamates (subject to hydrolysis) is 1. The van der Waals surface area contributed by atoms with Gasteiger partial charge in [0.1, 0.15) is 22.9 Å². The largest absolute Gasteiger partial charge is 0.463 e. The smallest absolute Gasteiger partial charge is 0.408 e. The predicted molar refractivity (Wildman–Crippen MR) is 119 cm³/mol. The first-order valence-electron chi connectivity index (χ1n) is 10.8. The molecule has 2 N–H and O–H groups in total. The quantitative estimate of drug-likeness (QED) is 0.448. The zero-order valence-electron chi connectivity index (χ0n) is 20.0. The van der Waals surface area contributed by atoms with Crippen LogP contribution in [-0.4, -0.2) is 56.9 Å². The van der Waals surface area contributed by atoms with Crippen molar-refractivity contribution in [2.75, 3.05) is 6.54 Å². The molecule has 0 saturated heterocycles. The molecule has 11 heteroatoms. The van der Waals surface area contributed by atoms with Gasteiger partial charge in [0.25, 0.3) is 0 Å². The van der Waals surface area contributed by atoms with Gasteiger partial charge < -0.3 is 24.5 Å². The zero-order chi connectivity index (χ0) is 24.6. The minimum Gasteiger partial charge on any atom is -0.463 e. The van der Waals surface area contributed by atoms with Gasteiger partial charge in [-0.3, -0.25) is 0 Å². The van der Waals surface area contributed by atoms with Gasteiger partial charge >= 0.3 is 18.1 Å². The molecule has 2 aromatic rings. The van der Waals surface area contributed by atoms with Crippen molar-refractivity contribution < 1.29 is 28.3 Å². The van der Waals surface area contributed by atoms with Gasteiger partial charge in [-0.05, 0) is 72.9 Å². The number of amides is 2. The molecule has 11 nitrogen and oxygen atoms in total. The summed E-state index contributed by atoms with van der Waals surface area (Å²) in [7, 11) is 0. The first-order chi connectivity index (χ1) is 15.3. The molecule has 0 aliphatic heterocycles. The van der Waals surface area contributed by atoms with Crippen molar-refractivity contribution in [2.45, 2.75) is 78.0 Å². The van der Waals surface area contributed by atoms with Crippen LogP contribution in [0, 0.1) is 0 Å². The normalized spacial score (nSPS) is 12.7. The molecule has 2 heterocycles. The number of ether oxygens (including phenoxy) is 2. The topological polar surface area (TPSA) is 138 Å². The second-order valence-electron chi connectivity index (χ2n) is 9.49. The van der Waals surface area contributed by atoms with Gasteiger partial charge in [-0.1, -0.05) is 5.21 Å². The highest BCUT2D eigenvalue weighted by Crippen LogP contribution is 2.16. The summed E-state index contributed by atoms with van der Waals surface area (Å²) >= 11 is 0. The molecular weight excluding hydrogens is 430 g/mol. The third-order valence-corrected chi connectivity index (χ3v) is 4.05. The minimum atomic E-state index is -0.860. The highest BCUT2D eigenvalue weighted by molar-refractivity contribution is 5.81. The average molecular weight is 464 g/mol. The molecule has 2 amide bonds. The van der Waals surface area contributed by atoms with Crippen LogP contribution >= 0.6 is 0 Å². The van der Waals surface area contributed by atoms with Crippen LogP contribution in [0.25, 0.3) is 11.5 Å². The maximum absolute atomic E-state index is 12.5. The summed E-state index contributed by atoms with van der Waals surface area (Å²) in [6.07, 6.45) is 3.74. The number of unbranched alkanes of at least 4 members (excludes halogenated alkanes) is 1. The first-order valence-corrected chi connectivity index (χ1v) is 10.8. The maximum atomic E-state index is 12.5. The molecule has 0 aliphatic carbocycles. The Morgan fingerprint density at radius 2 is 1.79 bits per heavy atom. The first kappa shape index (κ1) is 25.9. The summed E-state index contributed by atoms with van der Waals surface area (Å²) in [5, 5.41) is 13.0. The summed E-state index contributed by atoms with van der Waals surface area (Å²) in [4.78, 5) is 36.9. The number of hydrogen-bond donors (Lipinski definition) is 2. The lowest BCUT2D eigenvalue weighted by Gasteiger charge is -2.26. The Morgan fingerprint density at radius 1 is 1.09 bits per heavy atom. The van der Waals surface area contributed by atoms with Gasteiger partial charge in [-0.25, -0.2) is 14.4 Å². The van der Waals surface area contributed by atoms with Crippen LogP contribution in [0.4, 0.5) is 9.59 Å². The van der Waals surface area contributed by atoms with E-state index in [1.54, 1.807) is 53.7 Å². The molecular formula is C22H33N5O6. The Kier molecular flexibility index (Phi) is 8.61. The standard InChI is InChI=1S/C22H33N5O6/c1-21(2,3)32-18(28)15(24-20(30)33-22(4,5)6)10-7-8-12-23-19(29)27-14-16(25-26-27)17-11-9-13-31-17/h9,11,13-15H,7-8,10,12H2,1-6H3,(H,23,29)(H,24,30)/t15-/m0/s1. The molecule has 0 fully saturated rings. The predicted octanol–water partition coefficient (Wildman–Crippen LogP) is 3.50. The van der Waals surface area contributed by atoms with Gasteiger partial charge in [0, 0.05) is 6.54 Å².